The molecule has 2 aliphatic heterocycles. The molecule has 0 bridgehead atoms. The lowest BCUT2D eigenvalue weighted by Crippen LogP contribution is -2.67. The second kappa shape index (κ2) is 10.2. The van der Waals surface area contributed by atoms with Gasteiger partial charge in [0.1, 0.15) is 6.10 Å². The first-order valence-corrected chi connectivity index (χ1v) is 15.0. The molecule has 188 valence electrons. The summed E-state index contributed by atoms with van der Waals surface area (Å²) in [5, 5.41) is 2.43. The summed E-state index contributed by atoms with van der Waals surface area (Å²) in [4.78, 5) is 12.2. The first-order valence-electron chi connectivity index (χ1n) is 13.1. The first kappa shape index (κ1) is 24.7. The molecule has 5 atom stereocenters. The van der Waals surface area contributed by atoms with Crippen LogP contribution in [0.2, 0.25) is 5.04 Å². The molecule has 0 spiro atoms. The first-order chi connectivity index (χ1) is 16.9. The molecule has 1 aliphatic carbocycles. The molecule has 0 radical (unpaired) electrons. The number of esters is 1. The van der Waals surface area contributed by atoms with Gasteiger partial charge in [0, 0.05) is 31.5 Å². The highest BCUT2D eigenvalue weighted by atomic mass is 28.4. The third kappa shape index (κ3) is 4.86. The summed E-state index contributed by atoms with van der Waals surface area (Å²) in [6.07, 6.45) is 4.04. The van der Waals surface area contributed by atoms with E-state index in [9.17, 15) is 4.79 Å². The van der Waals surface area contributed by atoms with Crippen LogP contribution in [0.4, 0.5) is 0 Å². The lowest BCUT2D eigenvalue weighted by Gasteiger charge is -2.44. The van der Waals surface area contributed by atoms with Gasteiger partial charge in [0.2, 0.25) is 0 Å². The molecule has 2 aromatic carbocycles. The van der Waals surface area contributed by atoms with Crippen molar-refractivity contribution in [2.24, 2.45) is 11.8 Å². The second-order valence-electron chi connectivity index (χ2n) is 11.2. The molecule has 3 aliphatic rings. The Kier molecular flexibility index (Phi) is 7.17. The van der Waals surface area contributed by atoms with E-state index in [2.05, 4.69) is 81.4 Å². The maximum absolute atomic E-state index is 12.2. The van der Waals surface area contributed by atoms with Crippen LogP contribution in [0.25, 0.3) is 0 Å². The van der Waals surface area contributed by atoms with Crippen LogP contribution in [0.5, 0.6) is 0 Å². The summed E-state index contributed by atoms with van der Waals surface area (Å²) in [6, 6.07) is 21.4. The largest absolute Gasteiger partial charge is 0.462 e. The molecule has 0 amide bonds. The molecule has 6 heteroatoms. The fourth-order valence-corrected chi connectivity index (χ4v) is 10.9. The van der Waals surface area contributed by atoms with Gasteiger partial charge in [-0.3, -0.25) is 4.79 Å². The van der Waals surface area contributed by atoms with Gasteiger partial charge in [-0.15, -0.1) is 0 Å². The average molecular weight is 495 g/mol. The number of rotatable bonds is 7. The Morgan fingerprint density at radius 1 is 0.971 bits per heavy atom. The summed E-state index contributed by atoms with van der Waals surface area (Å²) >= 11 is 0. The van der Waals surface area contributed by atoms with Gasteiger partial charge in [0.05, 0.1) is 12.5 Å². The van der Waals surface area contributed by atoms with Crippen LogP contribution >= 0.6 is 0 Å². The Balaban J connectivity index is 1.47. The Bertz CT molecular complexity index is 944. The summed E-state index contributed by atoms with van der Waals surface area (Å²) in [6.45, 7) is 8.18. The highest BCUT2D eigenvalue weighted by molar-refractivity contribution is 6.99. The third-order valence-corrected chi connectivity index (χ3v) is 13.0. The molecule has 5 nitrogen and oxygen atoms in total. The van der Waals surface area contributed by atoms with Crippen LogP contribution in [0, 0.1) is 11.8 Å². The zero-order valence-electron chi connectivity index (χ0n) is 21.2. The van der Waals surface area contributed by atoms with E-state index < -0.39 is 8.32 Å². The van der Waals surface area contributed by atoms with Gasteiger partial charge in [-0.05, 0) is 34.7 Å². The number of carbonyl (C=O) groups is 1. The predicted octanol–water partition coefficient (Wildman–Crippen LogP) is 4.43. The van der Waals surface area contributed by atoms with Gasteiger partial charge in [-0.2, -0.15) is 0 Å². The Labute approximate surface area is 210 Å². The van der Waals surface area contributed by atoms with Crippen molar-refractivity contribution in [3.8, 4) is 0 Å². The molecule has 2 heterocycles. The zero-order chi connectivity index (χ0) is 24.5. The van der Waals surface area contributed by atoms with Crippen molar-refractivity contribution >= 4 is 24.7 Å². The van der Waals surface area contributed by atoms with Gasteiger partial charge in [-0.25, -0.2) is 0 Å². The summed E-state index contributed by atoms with van der Waals surface area (Å²) < 4.78 is 25.4. The minimum Gasteiger partial charge on any atom is -0.462 e. The highest BCUT2D eigenvalue weighted by Gasteiger charge is 2.55. The molecule has 1 unspecified atom stereocenters. The zero-order valence-corrected chi connectivity index (χ0v) is 22.2. The SMILES string of the molecule is CC(C)(C)[Si](OC[C@H]1[C@@H]2CC(=O)O[C@@H]2C[C@@H]1OC1CCCCO1)(c1ccccc1)c1ccccc1. The molecule has 0 N–H and O–H groups in total. The van der Waals surface area contributed by atoms with E-state index in [0.29, 0.717) is 13.0 Å². The van der Waals surface area contributed by atoms with Gasteiger partial charge in [0.25, 0.3) is 8.32 Å². The quantitative estimate of drug-likeness (QED) is 0.421. The summed E-state index contributed by atoms with van der Waals surface area (Å²) in [5.74, 6) is 0.135. The lowest BCUT2D eigenvalue weighted by molar-refractivity contribution is -0.198. The van der Waals surface area contributed by atoms with Gasteiger partial charge >= 0.3 is 5.97 Å². The van der Waals surface area contributed by atoms with E-state index >= 15 is 0 Å². The van der Waals surface area contributed by atoms with Crippen LogP contribution in [0.3, 0.4) is 0 Å². The molecule has 5 rings (SSSR count). The smallest absolute Gasteiger partial charge is 0.306 e. The number of carbonyl (C=O) groups excluding carboxylic acids is 1. The van der Waals surface area contributed by atoms with E-state index in [0.717, 1.165) is 32.3 Å². The molecule has 2 aromatic rings. The molecule has 2 saturated heterocycles. The maximum atomic E-state index is 12.2. The summed E-state index contributed by atoms with van der Waals surface area (Å²) in [5.41, 5.74) is 0. The number of hydrogen-bond acceptors (Lipinski definition) is 5. The minimum absolute atomic E-state index is 0.0283. The number of hydrogen-bond donors (Lipinski definition) is 0. The average Bonchev–Trinajstić information content (AvgIpc) is 3.36. The Morgan fingerprint density at radius 3 is 2.20 bits per heavy atom. The minimum atomic E-state index is -2.67. The van der Waals surface area contributed by atoms with E-state index in [4.69, 9.17) is 18.6 Å². The molecular weight excluding hydrogens is 456 g/mol. The number of fused-ring (bicyclic) bond motifs is 1. The third-order valence-electron chi connectivity index (χ3n) is 8.03. The second-order valence-corrected chi connectivity index (χ2v) is 15.5. The predicted molar refractivity (Wildman–Crippen MR) is 138 cm³/mol. The summed E-state index contributed by atoms with van der Waals surface area (Å²) in [7, 11) is -2.67. The monoisotopic (exact) mass is 494 g/mol. The van der Waals surface area contributed by atoms with Crippen molar-refractivity contribution in [1.29, 1.82) is 0 Å². The van der Waals surface area contributed by atoms with Crippen molar-refractivity contribution in [3.05, 3.63) is 60.7 Å². The van der Waals surface area contributed by atoms with Gasteiger partial charge < -0.3 is 18.6 Å². The highest BCUT2D eigenvalue weighted by Crippen LogP contribution is 2.45. The molecular formula is C29H38O5Si. The van der Waals surface area contributed by atoms with Crippen molar-refractivity contribution < 1.29 is 23.4 Å². The van der Waals surface area contributed by atoms with E-state index in [1.807, 2.05) is 0 Å². The van der Waals surface area contributed by atoms with Crippen LogP contribution < -0.4 is 10.4 Å². The van der Waals surface area contributed by atoms with Crippen LogP contribution in [-0.4, -0.2) is 46.0 Å². The van der Waals surface area contributed by atoms with Gasteiger partial charge in [-0.1, -0.05) is 81.4 Å². The van der Waals surface area contributed by atoms with Crippen LogP contribution in [0.15, 0.2) is 60.7 Å². The van der Waals surface area contributed by atoms with E-state index in [1.54, 1.807) is 0 Å². The Hall–Kier alpha value is -1.99. The normalized spacial score (nSPS) is 29.1. The van der Waals surface area contributed by atoms with Crippen LogP contribution in [0.1, 0.15) is 52.9 Å². The maximum Gasteiger partial charge on any atom is 0.306 e. The number of ether oxygens (including phenoxy) is 3. The van der Waals surface area contributed by atoms with Crippen molar-refractivity contribution in [2.75, 3.05) is 13.2 Å². The number of benzene rings is 2. The lowest BCUT2D eigenvalue weighted by atomic mass is 9.93. The fraction of sp³-hybridized carbons (Fsp3) is 0.552. The van der Waals surface area contributed by atoms with Gasteiger partial charge in [0.15, 0.2) is 6.29 Å². The van der Waals surface area contributed by atoms with E-state index in [1.165, 1.54) is 10.4 Å². The van der Waals surface area contributed by atoms with Crippen LogP contribution in [-0.2, 0) is 23.4 Å². The van der Waals surface area contributed by atoms with E-state index in [-0.39, 0.29) is 41.3 Å². The topological polar surface area (TPSA) is 54.0 Å². The molecule has 0 aromatic heterocycles. The Morgan fingerprint density at radius 2 is 1.63 bits per heavy atom. The van der Waals surface area contributed by atoms with Crippen molar-refractivity contribution in [3.63, 3.8) is 0 Å². The fourth-order valence-electron chi connectivity index (χ4n) is 6.34. The van der Waals surface area contributed by atoms with Crippen molar-refractivity contribution in [2.45, 2.75) is 76.4 Å². The molecule has 3 fully saturated rings. The molecule has 35 heavy (non-hydrogen) atoms. The standard InChI is InChI=1S/C29H38O5Si/c1-29(2,3)35(21-12-6-4-7-13-21,22-14-8-5-9-15-22)32-20-24-23-18-27(30)33-25(23)19-26(24)34-28-16-10-11-17-31-28/h4-9,12-15,23-26,28H,10-11,16-20H2,1-3H3/t23-,24-,25+,26-,28?/m0/s1. The van der Waals surface area contributed by atoms with Crippen molar-refractivity contribution in [1.82, 2.24) is 0 Å². The molecule has 1 saturated carbocycles.